The number of fused-ring (bicyclic) bond motifs is 2. The number of rotatable bonds is 3. The van der Waals surface area contributed by atoms with E-state index in [1.54, 1.807) is 13.1 Å². The van der Waals surface area contributed by atoms with Crippen LogP contribution in [0.3, 0.4) is 0 Å². The summed E-state index contributed by atoms with van der Waals surface area (Å²) in [7, 11) is 1.72. The van der Waals surface area contributed by atoms with Crippen molar-refractivity contribution in [2.45, 2.75) is 45.7 Å². The van der Waals surface area contributed by atoms with Gasteiger partial charge in [-0.2, -0.15) is 0 Å². The van der Waals surface area contributed by atoms with Crippen LogP contribution in [0.25, 0.3) is 22.2 Å². The molecule has 1 unspecified atom stereocenters. The van der Waals surface area contributed by atoms with E-state index in [0.717, 1.165) is 23.4 Å². The number of amides is 1. The number of hydrogen-bond donors (Lipinski definition) is 3. The van der Waals surface area contributed by atoms with Crippen LogP contribution in [0.1, 0.15) is 56.2 Å². The zero-order chi connectivity index (χ0) is 20.2. The quantitative estimate of drug-likeness (QED) is 0.651. The van der Waals surface area contributed by atoms with Crippen molar-refractivity contribution in [2.24, 2.45) is 7.05 Å². The first-order chi connectivity index (χ1) is 13.2. The average molecular weight is 379 g/mol. The van der Waals surface area contributed by atoms with Crippen molar-refractivity contribution >= 4 is 22.8 Å². The Labute approximate surface area is 163 Å². The standard InChI is InChI=1S/C21H25N5O2/c1-6-14-17-13(18(27)23-14)10-15(22-17)11-8-7-9-12-16(11)24-20(25-21(2,3)4)26(5)19(12)28/h7-10,14,22H,6H2,1-5H3,(H,23,27)(H,24,25). The molecule has 0 fully saturated rings. The Morgan fingerprint density at radius 1 is 1.21 bits per heavy atom. The summed E-state index contributed by atoms with van der Waals surface area (Å²) in [5.74, 6) is 0.448. The maximum absolute atomic E-state index is 12.9. The molecule has 3 heterocycles. The number of nitrogens with zero attached hydrogens (tertiary/aromatic N) is 2. The maximum Gasteiger partial charge on any atom is 0.262 e. The average Bonchev–Trinajstić information content (AvgIpc) is 3.18. The van der Waals surface area contributed by atoms with Gasteiger partial charge in [-0.15, -0.1) is 0 Å². The van der Waals surface area contributed by atoms with Crippen molar-refractivity contribution in [1.82, 2.24) is 19.9 Å². The van der Waals surface area contributed by atoms with Crippen LogP contribution < -0.4 is 16.2 Å². The molecular formula is C21H25N5O2. The largest absolute Gasteiger partial charge is 0.356 e. The molecule has 7 nitrogen and oxygen atoms in total. The van der Waals surface area contributed by atoms with Crippen LogP contribution in [0, 0.1) is 0 Å². The molecule has 1 amide bonds. The second-order valence-electron chi connectivity index (χ2n) is 8.32. The molecule has 1 aliphatic heterocycles. The van der Waals surface area contributed by atoms with E-state index in [2.05, 4.69) is 15.6 Å². The first kappa shape index (κ1) is 18.3. The highest BCUT2D eigenvalue weighted by Gasteiger charge is 2.30. The van der Waals surface area contributed by atoms with Crippen LogP contribution in [0.2, 0.25) is 0 Å². The predicted molar refractivity (Wildman–Crippen MR) is 111 cm³/mol. The van der Waals surface area contributed by atoms with Crippen molar-refractivity contribution in [1.29, 1.82) is 0 Å². The zero-order valence-corrected chi connectivity index (χ0v) is 16.8. The molecule has 3 aromatic rings. The van der Waals surface area contributed by atoms with Gasteiger partial charge >= 0.3 is 0 Å². The Bertz CT molecular complexity index is 1150. The minimum Gasteiger partial charge on any atom is -0.356 e. The van der Waals surface area contributed by atoms with E-state index in [9.17, 15) is 9.59 Å². The lowest BCUT2D eigenvalue weighted by atomic mass is 10.1. The molecule has 4 rings (SSSR count). The van der Waals surface area contributed by atoms with Gasteiger partial charge in [0.2, 0.25) is 5.95 Å². The van der Waals surface area contributed by atoms with Gasteiger partial charge in [-0.05, 0) is 39.3 Å². The molecule has 7 heteroatoms. The van der Waals surface area contributed by atoms with E-state index >= 15 is 0 Å². The number of anilines is 1. The summed E-state index contributed by atoms with van der Waals surface area (Å²) in [5.41, 5.74) is 3.44. The van der Waals surface area contributed by atoms with Gasteiger partial charge in [0, 0.05) is 23.8 Å². The van der Waals surface area contributed by atoms with Crippen molar-refractivity contribution < 1.29 is 4.79 Å². The second-order valence-corrected chi connectivity index (χ2v) is 8.32. The second kappa shape index (κ2) is 6.22. The van der Waals surface area contributed by atoms with E-state index in [1.807, 2.05) is 45.9 Å². The number of benzene rings is 1. The van der Waals surface area contributed by atoms with Crippen molar-refractivity contribution in [2.75, 3.05) is 5.32 Å². The highest BCUT2D eigenvalue weighted by molar-refractivity contribution is 6.01. The molecule has 0 spiro atoms. The number of aromatic nitrogens is 3. The van der Waals surface area contributed by atoms with E-state index in [4.69, 9.17) is 4.98 Å². The summed E-state index contributed by atoms with van der Waals surface area (Å²) in [6, 6.07) is 7.40. The molecule has 0 aliphatic carbocycles. The van der Waals surface area contributed by atoms with Crippen molar-refractivity contribution in [3.8, 4) is 11.3 Å². The molecule has 146 valence electrons. The number of nitrogens with one attached hydrogen (secondary N) is 3. The normalized spacial score (nSPS) is 16.3. The molecule has 0 saturated heterocycles. The van der Waals surface area contributed by atoms with Crippen LogP contribution in [-0.2, 0) is 7.05 Å². The number of aromatic amines is 1. The van der Waals surface area contributed by atoms with E-state index in [1.165, 1.54) is 4.57 Å². The van der Waals surface area contributed by atoms with Gasteiger partial charge in [-0.3, -0.25) is 14.2 Å². The Morgan fingerprint density at radius 2 is 1.96 bits per heavy atom. The molecule has 1 aromatic carbocycles. The van der Waals surface area contributed by atoms with Crippen LogP contribution >= 0.6 is 0 Å². The molecule has 28 heavy (non-hydrogen) atoms. The number of para-hydroxylation sites is 1. The summed E-state index contributed by atoms with van der Waals surface area (Å²) in [6.07, 6.45) is 0.812. The summed E-state index contributed by atoms with van der Waals surface area (Å²) in [6.45, 7) is 8.10. The number of H-pyrrole nitrogens is 1. The highest BCUT2D eigenvalue weighted by atomic mass is 16.2. The smallest absolute Gasteiger partial charge is 0.262 e. The van der Waals surface area contributed by atoms with Crippen LogP contribution in [0.4, 0.5) is 5.95 Å². The molecular weight excluding hydrogens is 354 g/mol. The van der Waals surface area contributed by atoms with Crippen LogP contribution in [0.15, 0.2) is 29.1 Å². The fraction of sp³-hybridized carbons (Fsp3) is 0.381. The number of carbonyl (C=O) groups is 1. The lowest BCUT2D eigenvalue weighted by Crippen LogP contribution is -2.32. The summed E-state index contributed by atoms with van der Waals surface area (Å²) in [5, 5.41) is 6.81. The topological polar surface area (TPSA) is 91.8 Å². The van der Waals surface area contributed by atoms with Gasteiger partial charge in [0.1, 0.15) is 0 Å². The van der Waals surface area contributed by atoms with Gasteiger partial charge in [-0.25, -0.2) is 4.98 Å². The SMILES string of the molecule is CCC1NC(=O)c2cc(-c3cccc4c(=O)n(C)c(NC(C)(C)C)nc34)[nH]c21. The van der Waals surface area contributed by atoms with Gasteiger partial charge in [0.05, 0.1) is 28.2 Å². The van der Waals surface area contributed by atoms with Crippen LogP contribution in [-0.4, -0.2) is 26.0 Å². The Balaban J connectivity index is 1.93. The Morgan fingerprint density at radius 3 is 2.64 bits per heavy atom. The fourth-order valence-electron chi connectivity index (χ4n) is 3.65. The molecule has 1 atom stereocenters. The molecule has 3 N–H and O–H groups in total. The third-order valence-corrected chi connectivity index (χ3v) is 5.04. The highest BCUT2D eigenvalue weighted by Crippen LogP contribution is 2.33. The van der Waals surface area contributed by atoms with Crippen LogP contribution in [0.5, 0.6) is 0 Å². The first-order valence-corrected chi connectivity index (χ1v) is 9.51. The Kier molecular flexibility index (Phi) is 4.06. The van der Waals surface area contributed by atoms with Gasteiger partial charge in [0.15, 0.2) is 0 Å². The minimum atomic E-state index is -0.236. The van der Waals surface area contributed by atoms with E-state index < -0.39 is 0 Å². The summed E-state index contributed by atoms with van der Waals surface area (Å²) < 4.78 is 1.53. The fourth-order valence-corrected chi connectivity index (χ4v) is 3.65. The molecule has 0 radical (unpaired) electrons. The molecule has 0 bridgehead atoms. The molecule has 0 saturated carbocycles. The third-order valence-electron chi connectivity index (χ3n) is 5.04. The number of carbonyl (C=O) groups excluding carboxylic acids is 1. The lowest BCUT2D eigenvalue weighted by Gasteiger charge is -2.23. The van der Waals surface area contributed by atoms with Gasteiger partial charge in [0.25, 0.3) is 11.5 Å². The zero-order valence-electron chi connectivity index (χ0n) is 16.8. The van der Waals surface area contributed by atoms with Gasteiger partial charge < -0.3 is 15.6 Å². The third kappa shape index (κ3) is 2.87. The maximum atomic E-state index is 12.9. The number of hydrogen-bond acceptors (Lipinski definition) is 4. The molecule has 2 aromatic heterocycles. The Hall–Kier alpha value is -3.09. The summed E-state index contributed by atoms with van der Waals surface area (Å²) in [4.78, 5) is 33.3. The van der Waals surface area contributed by atoms with Crippen molar-refractivity contribution in [3.63, 3.8) is 0 Å². The molecule has 1 aliphatic rings. The van der Waals surface area contributed by atoms with Gasteiger partial charge in [-0.1, -0.05) is 19.1 Å². The monoisotopic (exact) mass is 379 g/mol. The predicted octanol–water partition coefficient (Wildman–Crippen LogP) is 3.33. The van der Waals surface area contributed by atoms with Crippen molar-refractivity contribution in [3.05, 3.63) is 45.9 Å². The van der Waals surface area contributed by atoms with E-state index in [-0.39, 0.29) is 23.0 Å². The summed E-state index contributed by atoms with van der Waals surface area (Å²) >= 11 is 0. The minimum absolute atomic E-state index is 0.00910. The lowest BCUT2D eigenvalue weighted by molar-refractivity contribution is 0.0955. The van der Waals surface area contributed by atoms with E-state index in [0.29, 0.717) is 22.4 Å². The first-order valence-electron chi connectivity index (χ1n) is 9.51.